The fraction of sp³-hybridized carbons (Fsp3) is 0.235. The van der Waals surface area contributed by atoms with Crippen LogP contribution in [0.25, 0.3) is 0 Å². The third-order valence-corrected chi connectivity index (χ3v) is 4.20. The van der Waals surface area contributed by atoms with Gasteiger partial charge >= 0.3 is 0 Å². The summed E-state index contributed by atoms with van der Waals surface area (Å²) >= 11 is 17.3. The predicted molar refractivity (Wildman–Crippen MR) is 98.8 cm³/mol. The summed E-state index contributed by atoms with van der Waals surface area (Å²) in [7, 11) is 1.65. The molecule has 2 aromatic carbocycles. The van der Waals surface area contributed by atoms with Crippen molar-refractivity contribution >= 4 is 40.4 Å². The summed E-state index contributed by atoms with van der Waals surface area (Å²) in [4.78, 5) is 0.669. The monoisotopic (exact) mass is 369 g/mol. The Kier molecular flexibility index (Phi) is 7.12. The summed E-state index contributed by atoms with van der Waals surface area (Å²) in [6.45, 7) is 1.68. The zero-order valence-corrected chi connectivity index (χ0v) is 15.0. The molecule has 2 aromatic rings. The molecular weight excluding hydrogens is 353 g/mol. The van der Waals surface area contributed by atoms with Crippen LogP contribution in [0.15, 0.2) is 42.5 Å². The average Bonchev–Trinajstić information content (AvgIpc) is 2.56. The number of halogens is 2. The fourth-order valence-corrected chi connectivity index (χ4v) is 2.44. The first-order valence-corrected chi connectivity index (χ1v) is 8.20. The molecule has 0 saturated carbocycles. The van der Waals surface area contributed by atoms with Gasteiger partial charge in [0.2, 0.25) is 0 Å². The van der Waals surface area contributed by atoms with Gasteiger partial charge in [0, 0.05) is 19.2 Å². The van der Waals surface area contributed by atoms with E-state index in [-0.39, 0.29) is 0 Å². The van der Waals surface area contributed by atoms with Crippen LogP contribution in [-0.4, -0.2) is 25.2 Å². The van der Waals surface area contributed by atoms with Crippen molar-refractivity contribution in [3.8, 4) is 5.75 Å². The summed E-state index contributed by atoms with van der Waals surface area (Å²) in [5, 5.41) is 4.18. The largest absolute Gasteiger partial charge is 0.489 e. The summed E-state index contributed by atoms with van der Waals surface area (Å²) in [6, 6.07) is 13.1. The highest BCUT2D eigenvalue weighted by molar-refractivity contribution is 7.80. The van der Waals surface area contributed by atoms with Crippen LogP contribution in [0.2, 0.25) is 10.0 Å². The van der Waals surface area contributed by atoms with Crippen molar-refractivity contribution in [3.05, 3.63) is 63.6 Å². The Morgan fingerprint density at radius 2 is 1.96 bits per heavy atom. The van der Waals surface area contributed by atoms with Crippen molar-refractivity contribution < 1.29 is 9.47 Å². The zero-order valence-electron chi connectivity index (χ0n) is 12.6. The van der Waals surface area contributed by atoms with Crippen LogP contribution in [-0.2, 0) is 11.3 Å². The third kappa shape index (κ3) is 5.66. The number of benzene rings is 2. The quantitative estimate of drug-likeness (QED) is 0.575. The van der Waals surface area contributed by atoms with Gasteiger partial charge in [0.05, 0.1) is 16.7 Å². The van der Waals surface area contributed by atoms with Crippen LogP contribution >= 0.6 is 35.4 Å². The van der Waals surface area contributed by atoms with E-state index in [2.05, 4.69) is 5.32 Å². The average molecular weight is 370 g/mol. The van der Waals surface area contributed by atoms with E-state index in [4.69, 9.17) is 44.9 Å². The molecule has 2 rings (SSSR count). The predicted octanol–water partition coefficient (Wildman–Crippen LogP) is 4.48. The van der Waals surface area contributed by atoms with Gasteiger partial charge in [0.1, 0.15) is 17.3 Å². The zero-order chi connectivity index (χ0) is 16.7. The van der Waals surface area contributed by atoms with Crippen LogP contribution in [0.3, 0.4) is 0 Å². The minimum Gasteiger partial charge on any atom is -0.489 e. The van der Waals surface area contributed by atoms with E-state index in [0.717, 1.165) is 16.9 Å². The van der Waals surface area contributed by atoms with Crippen LogP contribution in [0.4, 0.5) is 0 Å². The maximum atomic E-state index is 6.00. The smallest absolute Gasteiger partial charge is 0.120 e. The molecule has 3 nitrogen and oxygen atoms in total. The second-order valence-electron chi connectivity index (χ2n) is 4.81. The number of thiocarbonyl (C=S) groups is 1. The first-order chi connectivity index (χ1) is 11.1. The van der Waals surface area contributed by atoms with E-state index < -0.39 is 0 Å². The van der Waals surface area contributed by atoms with E-state index in [9.17, 15) is 0 Å². The highest BCUT2D eigenvalue weighted by Gasteiger charge is 2.04. The standard InChI is InChI=1S/C17H17Cl2NO2S/c1-21-8-7-20-17(23)13-3-2-4-14(10-13)22-11-12-5-6-15(18)16(19)9-12/h2-6,9-10H,7-8,11H2,1H3,(H,20,23). The molecule has 0 spiro atoms. The molecule has 0 radical (unpaired) electrons. The molecule has 23 heavy (non-hydrogen) atoms. The van der Waals surface area contributed by atoms with Crippen molar-refractivity contribution in [3.63, 3.8) is 0 Å². The number of hydrogen-bond acceptors (Lipinski definition) is 3. The minimum absolute atomic E-state index is 0.407. The Hall–Kier alpha value is -1.33. The van der Waals surface area contributed by atoms with Gasteiger partial charge in [-0.3, -0.25) is 0 Å². The van der Waals surface area contributed by atoms with Crippen LogP contribution in [0, 0.1) is 0 Å². The molecule has 0 atom stereocenters. The van der Waals surface area contributed by atoms with E-state index in [1.165, 1.54) is 0 Å². The summed E-state index contributed by atoms with van der Waals surface area (Å²) in [5.74, 6) is 0.740. The number of ether oxygens (including phenoxy) is 2. The number of hydrogen-bond donors (Lipinski definition) is 1. The maximum absolute atomic E-state index is 6.00. The Morgan fingerprint density at radius 3 is 2.70 bits per heavy atom. The van der Waals surface area contributed by atoms with E-state index in [1.54, 1.807) is 19.2 Å². The minimum atomic E-state index is 0.407. The van der Waals surface area contributed by atoms with Gasteiger partial charge in [0.15, 0.2) is 0 Å². The van der Waals surface area contributed by atoms with E-state index in [0.29, 0.717) is 34.8 Å². The first-order valence-electron chi connectivity index (χ1n) is 7.04. The second kappa shape index (κ2) is 9.08. The van der Waals surface area contributed by atoms with Gasteiger partial charge in [-0.15, -0.1) is 0 Å². The van der Waals surface area contributed by atoms with Crippen molar-refractivity contribution in [2.24, 2.45) is 0 Å². The highest BCUT2D eigenvalue weighted by Crippen LogP contribution is 2.23. The van der Waals surface area contributed by atoms with Gasteiger partial charge in [0.25, 0.3) is 0 Å². The molecule has 1 N–H and O–H groups in total. The Morgan fingerprint density at radius 1 is 1.13 bits per heavy atom. The number of nitrogens with one attached hydrogen (secondary N) is 1. The third-order valence-electron chi connectivity index (χ3n) is 3.08. The lowest BCUT2D eigenvalue weighted by Gasteiger charge is -2.11. The Bertz CT molecular complexity index is 679. The van der Waals surface area contributed by atoms with Crippen molar-refractivity contribution in [1.29, 1.82) is 0 Å². The summed E-state index contributed by atoms with van der Waals surface area (Å²) in [6.07, 6.45) is 0. The molecular formula is C17H17Cl2NO2S. The molecule has 122 valence electrons. The SMILES string of the molecule is COCCNC(=S)c1cccc(OCc2ccc(Cl)c(Cl)c2)c1. The molecule has 0 amide bonds. The van der Waals surface area contributed by atoms with E-state index in [1.807, 2.05) is 30.3 Å². The molecule has 0 bridgehead atoms. The van der Waals surface area contributed by atoms with Gasteiger partial charge in [-0.1, -0.05) is 53.6 Å². The molecule has 0 saturated heterocycles. The van der Waals surface area contributed by atoms with Crippen LogP contribution in [0.1, 0.15) is 11.1 Å². The second-order valence-corrected chi connectivity index (χ2v) is 6.04. The molecule has 0 aliphatic heterocycles. The van der Waals surface area contributed by atoms with Gasteiger partial charge < -0.3 is 14.8 Å². The molecule has 0 unspecified atom stereocenters. The lowest BCUT2D eigenvalue weighted by atomic mass is 10.2. The summed E-state index contributed by atoms with van der Waals surface area (Å²) in [5.41, 5.74) is 1.85. The van der Waals surface area contributed by atoms with Gasteiger partial charge in [-0.2, -0.15) is 0 Å². The normalized spacial score (nSPS) is 10.4. The van der Waals surface area contributed by atoms with Crippen LogP contribution in [0.5, 0.6) is 5.75 Å². The fourth-order valence-electron chi connectivity index (χ4n) is 1.89. The molecule has 0 aliphatic rings. The molecule has 0 aliphatic carbocycles. The Balaban J connectivity index is 1.96. The lowest BCUT2D eigenvalue weighted by molar-refractivity contribution is 0.204. The van der Waals surface area contributed by atoms with Crippen LogP contribution < -0.4 is 10.1 Å². The van der Waals surface area contributed by atoms with Gasteiger partial charge in [-0.25, -0.2) is 0 Å². The van der Waals surface area contributed by atoms with E-state index >= 15 is 0 Å². The molecule has 0 heterocycles. The maximum Gasteiger partial charge on any atom is 0.120 e. The summed E-state index contributed by atoms with van der Waals surface area (Å²) < 4.78 is 10.8. The molecule has 6 heteroatoms. The van der Waals surface area contributed by atoms with Crippen molar-refractivity contribution in [2.45, 2.75) is 6.61 Å². The topological polar surface area (TPSA) is 30.5 Å². The van der Waals surface area contributed by atoms with Gasteiger partial charge in [-0.05, 0) is 29.8 Å². The molecule has 0 fully saturated rings. The van der Waals surface area contributed by atoms with Crippen molar-refractivity contribution in [1.82, 2.24) is 5.32 Å². The van der Waals surface area contributed by atoms with Crippen molar-refractivity contribution in [2.75, 3.05) is 20.3 Å². The molecule has 0 aromatic heterocycles. The first kappa shape index (κ1) is 18.0. The lowest BCUT2D eigenvalue weighted by Crippen LogP contribution is -2.25. The highest BCUT2D eigenvalue weighted by atomic mass is 35.5. The number of methoxy groups -OCH3 is 1. The number of rotatable bonds is 7. The Labute approximate surface area is 151 Å².